The molecule has 23 heavy (non-hydrogen) atoms. The number of rotatable bonds is 10. The third-order valence-electron chi connectivity index (χ3n) is 4.28. The lowest BCUT2D eigenvalue weighted by Gasteiger charge is -2.17. The van der Waals surface area contributed by atoms with E-state index in [0.717, 1.165) is 13.1 Å². The highest BCUT2D eigenvalue weighted by Gasteiger charge is 2.17. The van der Waals surface area contributed by atoms with Gasteiger partial charge in [0.05, 0.1) is 6.67 Å². The summed E-state index contributed by atoms with van der Waals surface area (Å²) in [4.78, 5) is 14.8. The van der Waals surface area contributed by atoms with E-state index < -0.39 is 12.0 Å². The maximum absolute atomic E-state index is 10.2. The molecule has 0 aromatic heterocycles. The maximum Gasteiger partial charge on any atom is 0.320 e. The van der Waals surface area contributed by atoms with Gasteiger partial charge in [0.15, 0.2) is 0 Å². The number of nitrogens with zero attached hydrogens (tertiary/aromatic N) is 2. The Balaban J connectivity index is 0.000000468. The molecular weight excluding hydrogens is 290 g/mol. The second-order valence-electron chi connectivity index (χ2n) is 6.53. The molecule has 0 amide bonds. The molecule has 0 saturated carbocycles. The van der Waals surface area contributed by atoms with Gasteiger partial charge in [-0.15, -0.1) is 0 Å². The van der Waals surface area contributed by atoms with Crippen molar-refractivity contribution in [1.29, 1.82) is 0 Å². The van der Waals surface area contributed by atoms with Crippen molar-refractivity contribution in [3.63, 3.8) is 0 Å². The molecule has 0 aromatic carbocycles. The number of nitrogens with two attached hydrogens (primary N) is 1. The molecule has 2 atom stereocenters. The zero-order valence-electron chi connectivity index (χ0n) is 15.5. The third-order valence-corrected chi connectivity index (χ3v) is 4.28. The minimum Gasteiger partial charge on any atom is -0.480 e. The van der Waals surface area contributed by atoms with Crippen LogP contribution in [0.4, 0.5) is 0 Å². The van der Waals surface area contributed by atoms with Crippen LogP contribution in [0.3, 0.4) is 0 Å². The fourth-order valence-corrected chi connectivity index (χ4v) is 2.33. The molecule has 0 aromatic rings. The van der Waals surface area contributed by atoms with Gasteiger partial charge in [-0.1, -0.05) is 59.3 Å². The Labute approximate surface area is 142 Å². The summed E-state index contributed by atoms with van der Waals surface area (Å²) in [6.07, 6.45) is 13.5. The van der Waals surface area contributed by atoms with E-state index in [0.29, 0.717) is 0 Å². The van der Waals surface area contributed by atoms with Crippen LogP contribution in [0, 0.1) is 5.92 Å². The molecule has 1 aliphatic heterocycles. The topological polar surface area (TPSA) is 69.8 Å². The van der Waals surface area contributed by atoms with Crippen LogP contribution in [0.15, 0.2) is 12.4 Å². The first-order valence-corrected chi connectivity index (χ1v) is 9.03. The predicted octanol–water partition coefficient (Wildman–Crippen LogP) is 3.47. The Morgan fingerprint density at radius 1 is 1.17 bits per heavy atom. The van der Waals surface area contributed by atoms with Crippen molar-refractivity contribution in [3.05, 3.63) is 12.4 Å². The first-order chi connectivity index (χ1) is 10.9. The van der Waals surface area contributed by atoms with E-state index in [1.165, 1.54) is 45.1 Å². The van der Waals surface area contributed by atoms with Crippen LogP contribution in [0.5, 0.6) is 0 Å². The summed E-state index contributed by atoms with van der Waals surface area (Å²) in [5, 5.41) is 8.36. The molecule has 0 radical (unpaired) electrons. The van der Waals surface area contributed by atoms with Crippen molar-refractivity contribution in [2.75, 3.05) is 20.3 Å². The van der Waals surface area contributed by atoms with E-state index in [4.69, 9.17) is 10.8 Å². The molecule has 136 valence electrons. The SMILES string of the molecule is CCC(C)C(N)C(=O)O.CCCCCCCCN1C=CN(C)C1. The average molecular weight is 328 g/mol. The Bertz CT molecular complexity index is 334. The molecule has 2 unspecified atom stereocenters. The molecule has 5 nitrogen and oxygen atoms in total. The van der Waals surface area contributed by atoms with Gasteiger partial charge in [-0.3, -0.25) is 4.79 Å². The van der Waals surface area contributed by atoms with Crippen molar-refractivity contribution in [1.82, 2.24) is 9.80 Å². The van der Waals surface area contributed by atoms with Crippen LogP contribution in [0.1, 0.15) is 65.7 Å². The molecule has 0 aliphatic carbocycles. The van der Waals surface area contributed by atoms with Crippen molar-refractivity contribution >= 4 is 5.97 Å². The lowest BCUT2D eigenvalue weighted by molar-refractivity contribution is -0.139. The molecule has 1 aliphatic rings. The first-order valence-electron chi connectivity index (χ1n) is 9.03. The average Bonchev–Trinajstić information content (AvgIpc) is 2.95. The number of carboxylic acid groups (broad SMARTS) is 1. The van der Waals surface area contributed by atoms with Gasteiger partial charge in [0.1, 0.15) is 6.04 Å². The summed E-state index contributed by atoms with van der Waals surface area (Å²) < 4.78 is 0. The summed E-state index contributed by atoms with van der Waals surface area (Å²) in [5.74, 6) is -0.841. The highest BCUT2D eigenvalue weighted by Crippen LogP contribution is 2.09. The van der Waals surface area contributed by atoms with Gasteiger partial charge in [0.2, 0.25) is 0 Å². The largest absolute Gasteiger partial charge is 0.480 e. The van der Waals surface area contributed by atoms with E-state index >= 15 is 0 Å². The van der Waals surface area contributed by atoms with Crippen LogP contribution < -0.4 is 5.73 Å². The number of carboxylic acids is 1. The van der Waals surface area contributed by atoms with Gasteiger partial charge < -0.3 is 20.6 Å². The molecule has 0 saturated heterocycles. The number of unbranched alkanes of at least 4 members (excludes halogenated alkanes) is 5. The summed E-state index contributed by atoms with van der Waals surface area (Å²) in [7, 11) is 2.12. The van der Waals surface area contributed by atoms with Crippen LogP contribution in [0.2, 0.25) is 0 Å². The van der Waals surface area contributed by atoms with Crippen molar-refractivity contribution in [2.24, 2.45) is 11.7 Å². The lowest BCUT2D eigenvalue weighted by atomic mass is 10.0. The fraction of sp³-hybridized carbons (Fsp3) is 0.833. The lowest BCUT2D eigenvalue weighted by Crippen LogP contribution is -2.36. The second kappa shape index (κ2) is 13.2. The van der Waals surface area contributed by atoms with Crippen LogP contribution in [0.25, 0.3) is 0 Å². The third kappa shape index (κ3) is 11.0. The highest BCUT2D eigenvalue weighted by atomic mass is 16.4. The molecule has 0 spiro atoms. The Morgan fingerprint density at radius 3 is 2.22 bits per heavy atom. The Kier molecular flexibility index (Phi) is 12.5. The molecular formula is C18H37N3O2. The number of aliphatic carboxylic acids is 1. The fourth-order valence-electron chi connectivity index (χ4n) is 2.33. The van der Waals surface area contributed by atoms with E-state index in [1.807, 2.05) is 13.8 Å². The van der Waals surface area contributed by atoms with E-state index in [2.05, 4.69) is 36.2 Å². The summed E-state index contributed by atoms with van der Waals surface area (Å²) >= 11 is 0. The molecule has 0 fully saturated rings. The Morgan fingerprint density at radius 2 is 1.78 bits per heavy atom. The van der Waals surface area contributed by atoms with Gasteiger partial charge in [0.25, 0.3) is 0 Å². The zero-order valence-corrected chi connectivity index (χ0v) is 15.5. The van der Waals surface area contributed by atoms with E-state index in [9.17, 15) is 4.79 Å². The molecule has 1 rings (SSSR count). The van der Waals surface area contributed by atoms with E-state index in [-0.39, 0.29) is 5.92 Å². The Hall–Kier alpha value is -1.23. The van der Waals surface area contributed by atoms with Gasteiger partial charge in [-0.25, -0.2) is 0 Å². The minimum absolute atomic E-state index is 0.0718. The molecule has 1 heterocycles. The minimum atomic E-state index is -0.913. The van der Waals surface area contributed by atoms with Crippen molar-refractivity contribution in [3.8, 4) is 0 Å². The van der Waals surface area contributed by atoms with E-state index in [1.54, 1.807) is 0 Å². The van der Waals surface area contributed by atoms with Crippen LogP contribution in [-0.4, -0.2) is 47.2 Å². The standard InChI is InChI=1S/C12H24N2.C6H13NO2/c1-3-4-5-6-7-8-9-14-11-10-13(2)12-14;1-3-4(2)5(7)6(8)9/h10-11H,3-9,12H2,1-2H3;4-5H,3,7H2,1-2H3,(H,8,9). The first kappa shape index (κ1) is 21.8. The van der Waals surface area contributed by atoms with Gasteiger partial charge in [-0.05, 0) is 12.3 Å². The summed E-state index contributed by atoms with van der Waals surface area (Å²) in [5.41, 5.74) is 5.27. The molecule has 0 bridgehead atoms. The summed E-state index contributed by atoms with van der Waals surface area (Å²) in [6, 6.07) is -0.699. The number of carbonyl (C=O) groups is 1. The summed E-state index contributed by atoms with van der Waals surface area (Å²) in [6.45, 7) is 8.33. The predicted molar refractivity (Wildman–Crippen MR) is 96.9 cm³/mol. The quantitative estimate of drug-likeness (QED) is 0.601. The number of hydrogen-bond acceptors (Lipinski definition) is 4. The zero-order chi connectivity index (χ0) is 17.7. The van der Waals surface area contributed by atoms with Crippen molar-refractivity contribution < 1.29 is 9.90 Å². The molecule has 5 heteroatoms. The maximum atomic E-state index is 10.2. The molecule has 3 N–H and O–H groups in total. The highest BCUT2D eigenvalue weighted by molar-refractivity contribution is 5.73. The van der Waals surface area contributed by atoms with Gasteiger partial charge >= 0.3 is 5.97 Å². The smallest absolute Gasteiger partial charge is 0.320 e. The van der Waals surface area contributed by atoms with Gasteiger partial charge in [-0.2, -0.15) is 0 Å². The monoisotopic (exact) mass is 327 g/mol. The normalized spacial score (nSPS) is 16.0. The number of hydrogen-bond donors (Lipinski definition) is 2. The van der Waals surface area contributed by atoms with Crippen molar-refractivity contribution in [2.45, 2.75) is 71.8 Å². The van der Waals surface area contributed by atoms with Crippen LogP contribution >= 0.6 is 0 Å². The van der Waals surface area contributed by atoms with Crippen LogP contribution in [-0.2, 0) is 4.79 Å². The second-order valence-corrected chi connectivity index (χ2v) is 6.53. The van der Waals surface area contributed by atoms with Gasteiger partial charge in [0, 0.05) is 26.0 Å².